The minimum Gasteiger partial charge on any atom is -0.273 e. The van der Waals surface area contributed by atoms with Crippen molar-refractivity contribution < 1.29 is 9.59 Å². The van der Waals surface area contributed by atoms with Crippen LogP contribution in [-0.2, 0) is 0 Å². The average Bonchev–Trinajstić information content (AvgIpc) is 2.60. The van der Waals surface area contributed by atoms with Crippen LogP contribution in [0.25, 0.3) is 20.4 Å². The van der Waals surface area contributed by atoms with Crippen LogP contribution in [0.15, 0.2) is 42.5 Å². The molecule has 3 aromatic rings. The zero-order chi connectivity index (χ0) is 15.9. The second kappa shape index (κ2) is 5.59. The zero-order valence-corrected chi connectivity index (χ0v) is 13.6. The summed E-state index contributed by atoms with van der Waals surface area (Å²) in [6.45, 7) is 2.88. The molecule has 0 aliphatic heterocycles. The van der Waals surface area contributed by atoms with Gasteiger partial charge in [0.05, 0.1) is 20.4 Å². The van der Waals surface area contributed by atoms with Crippen molar-refractivity contribution in [3.63, 3.8) is 0 Å². The monoisotopic (exact) mass is 332 g/mol. The summed E-state index contributed by atoms with van der Waals surface area (Å²) in [4.78, 5) is 24.4. The van der Waals surface area contributed by atoms with Gasteiger partial charge in [0.15, 0.2) is 0 Å². The maximum atomic E-state index is 12.2. The van der Waals surface area contributed by atoms with E-state index >= 15 is 0 Å². The number of hydrogen-bond donors (Lipinski definition) is 0. The number of fused-ring (bicyclic) bond motifs is 2. The van der Waals surface area contributed by atoms with Gasteiger partial charge in [-0.3, -0.25) is 9.59 Å². The maximum Gasteiger partial charge on any atom is 0.243 e. The van der Waals surface area contributed by atoms with E-state index in [4.69, 9.17) is 11.6 Å². The van der Waals surface area contributed by atoms with Crippen LogP contribution >= 0.6 is 22.9 Å². The number of carbonyl (C=O) groups is 2. The van der Waals surface area contributed by atoms with E-state index in [1.165, 1.54) is 34.5 Å². The summed E-state index contributed by atoms with van der Waals surface area (Å²) in [6, 6.07) is 12.8. The van der Waals surface area contributed by atoms with Crippen LogP contribution in [0.4, 0.5) is 0 Å². The SMILES string of the molecule is CC(=O)n1c2ccccc2sc2cc(Cl)ccc2n1C(C)=O. The summed E-state index contributed by atoms with van der Waals surface area (Å²) in [5, 5.41) is 0.587. The highest BCUT2D eigenvalue weighted by Gasteiger charge is 2.13. The molecule has 6 heteroatoms. The van der Waals surface area contributed by atoms with Crippen molar-refractivity contribution in [2.24, 2.45) is 0 Å². The Hall–Kier alpha value is -2.11. The van der Waals surface area contributed by atoms with Gasteiger partial charge < -0.3 is 0 Å². The van der Waals surface area contributed by atoms with Gasteiger partial charge in [0.2, 0.25) is 11.8 Å². The molecule has 3 rings (SSSR count). The molecule has 4 nitrogen and oxygen atoms in total. The highest BCUT2D eigenvalue weighted by Crippen LogP contribution is 2.28. The third kappa shape index (κ3) is 2.42. The second-order valence-electron chi connectivity index (χ2n) is 4.84. The van der Waals surface area contributed by atoms with E-state index in [9.17, 15) is 9.59 Å². The van der Waals surface area contributed by atoms with E-state index in [1.807, 2.05) is 24.3 Å². The van der Waals surface area contributed by atoms with Crippen LogP contribution in [0.5, 0.6) is 0 Å². The van der Waals surface area contributed by atoms with Gasteiger partial charge in [-0.05, 0) is 30.3 Å². The first kappa shape index (κ1) is 14.8. The predicted molar refractivity (Wildman–Crippen MR) is 90.6 cm³/mol. The minimum atomic E-state index is -0.240. The van der Waals surface area contributed by atoms with E-state index in [-0.39, 0.29) is 11.8 Å². The van der Waals surface area contributed by atoms with Crippen LogP contribution in [0, 0.1) is 0 Å². The zero-order valence-electron chi connectivity index (χ0n) is 12.0. The van der Waals surface area contributed by atoms with Gasteiger partial charge in [0, 0.05) is 18.9 Å². The number of aromatic nitrogens is 2. The Kier molecular flexibility index (Phi) is 3.76. The molecular weight excluding hydrogens is 320 g/mol. The standard InChI is InChI=1S/C16H13ClN2O2S/c1-10(20)18-13-5-3-4-6-15(13)22-16-9-12(17)7-8-14(16)19(18)11(2)21/h3-9H,1-2H3. The fourth-order valence-electron chi connectivity index (χ4n) is 2.42. The summed E-state index contributed by atoms with van der Waals surface area (Å²) in [5.74, 6) is -0.470. The highest BCUT2D eigenvalue weighted by molar-refractivity contribution is 7.24. The number of nitrogens with zero attached hydrogens (tertiary/aromatic N) is 2. The smallest absolute Gasteiger partial charge is 0.243 e. The Balaban J connectivity index is 2.71. The number of halogens is 1. The molecule has 0 bridgehead atoms. The largest absolute Gasteiger partial charge is 0.273 e. The Morgan fingerprint density at radius 1 is 0.909 bits per heavy atom. The number of hydrogen-bond acceptors (Lipinski definition) is 3. The van der Waals surface area contributed by atoms with E-state index in [1.54, 1.807) is 18.2 Å². The van der Waals surface area contributed by atoms with Gasteiger partial charge >= 0.3 is 0 Å². The maximum absolute atomic E-state index is 12.2. The van der Waals surface area contributed by atoms with Gasteiger partial charge in [-0.25, -0.2) is 9.36 Å². The summed E-state index contributed by atoms with van der Waals surface area (Å²) < 4.78 is 4.53. The average molecular weight is 333 g/mol. The first-order chi connectivity index (χ1) is 10.5. The molecule has 0 radical (unpaired) electrons. The first-order valence-corrected chi connectivity index (χ1v) is 7.86. The molecule has 0 aliphatic rings. The minimum absolute atomic E-state index is 0.231. The lowest BCUT2D eigenvalue weighted by atomic mass is 10.3. The number of benzene rings is 2. The fraction of sp³-hybridized carbons (Fsp3) is 0.125. The molecule has 112 valence electrons. The fourth-order valence-corrected chi connectivity index (χ4v) is 3.74. The predicted octanol–water partition coefficient (Wildman–Crippen LogP) is 4.76. The molecule has 0 spiro atoms. The summed E-state index contributed by atoms with van der Waals surface area (Å²) >= 11 is 7.57. The molecular formula is C16H13ClN2O2S. The van der Waals surface area contributed by atoms with Crippen LogP contribution in [0.1, 0.15) is 23.4 Å². The van der Waals surface area contributed by atoms with Crippen molar-refractivity contribution in [2.75, 3.05) is 0 Å². The number of carbonyl (C=O) groups excluding carboxylic acids is 2. The topological polar surface area (TPSA) is 44.0 Å². The molecule has 0 saturated heterocycles. The Morgan fingerprint density at radius 3 is 2.14 bits per heavy atom. The van der Waals surface area contributed by atoms with E-state index in [0.717, 1.165) is 9.40 Å². The molecule has 1 heterocycles. The van der Waals surface area contributed by atoms with Gasteiger partial charge in [-0.2, -0.15) is 0 Å². The van der Waals surface area contributed by atoms with Crippen molar-refractivity contribution in [1.82, 2.24) is 9.36 Å². The Bertz CT molecular complexity index is 963. The normalized spacial score (nSPS) is 10.9. The van der Waals surface area contributed by atoms with E-state index in [0.29, 0.717) is 16.1 Å². The van der Waals surface area contributed by atoms with E-state index < -0.39 is 0 Å². The quantitative estimate of drug-likeness (QED) is 0.596. The molecule has 2 aromatic carbocycles. The lowest BCUT2D eigenvalue weighted by Gasteiger charge is -2.12. The first-order valence-electron chi connectivity index (χ1n) is 6.67. The highest BCUT2D eigenvalue weighted by atomic mass is 35.5. The van der Waals surface area contributed by atoms with Gasteiger partial charge in [-0.1, -0.05) is 23.7 Å². The van der Waals surface area contributed by atoms with Crippen LogP contribution in [0.3, 0.4) is 0 Å². The third-order valence-electron chi connectivity index (χ3n) is 3.26. The molecule has 0 saturated carbocycles. The van der Waals surface area contributed by atoms with Crippen LogP contribution in [-0.4, -0.2) is 21.2 Å². The van der Waals surface area contributed by atoms with Crippen LogP contribution < -0.4 is 0 Å². The van der Waals surface area contributed by atoms with Crippen molar-refractivity contribution in [3.05, 3.63) is 47.5 Å². The Labute approximate surface area is 135 Å². The number of rotatable bonds is 0. The van der Waals surface area contributed by atoms with E-state index in [2.05, 4.69) is 0 Å². The number of para-hydroxylation sites is 1. The molecule has 1 aromatic heterocycles. The summed E-state index contributed by atoms with van der Waals surface area (Å²) in [5.41, 5.74) is 1.33. The van der Waals surface area contributed by atoms with Crippen molar-refractivity contribution in [2.45, 2.75) is 13.8 Å². The van der Waals surface area contributed by atoms with Crippen LogP contribution in [0.2, 0.25) is 5.02 Å². The lowest BCUT2D eigenvalue weighted by Crippen LogP contribution is -2.24. The molecule has 0 atom stereocenters. The molecule has 0 unspecified atom stereocenters. The summed E-state index contributed by atoms with van der Waals surface area (Å²) in [7, 11) is 0. The molecule has 0 amide bonds. The second-order valence-corrected chi connectivity index (χ2v) is 6.36. The van der Waals surface area contributed by atoms with Gasteiger partial charge in [-0.15, -0.1) is 11.3 Å². The van der Waals surface area contributed by atoms with Crippen molar-refractivity contribution in [1.29, 1.82) is 0 Å². The van der Waals surface area contributed by atoms with Gasteiger partial charge in [0.25, 0.3) is 0 Å². The Morgan fingerprint density at radius 2 is 1.50 bits per heavy atom. The molecule has 0 aliphatic carbocycles. The molecule has 0 N–H and O–H groups in total. The van der Waals surface area contributed by atoms with Crippen molar-refractivity contribution in [3.8, 4) is 0 Å². The lowest BCUT2D eigenvalue weighted by molar-refractivity contribution is 0.0831. The summed E-state index contributed by atoms with van der Waals surface area (Å²) in [6.07, 6.45) is 0. The molecule has 0 fully saturated rings. The molecule has 22 heavy (non-hydrogen) atoms. The van der Waals surface area contributed by atoms with Crippen molar-refractivity contribution >= 4 is 55.2 Å². The third-order valence-corrected chi connectivity index (χ3v) is 4.61. The van der Waals surface area contributed by atoms with Gasteiger partial charge in [0.1, 0.15) is 0 Å².